The fourth-order valence-electron chi connectivity index (χ4n) is 1.14. The van der Waals surface area contributed by atoms with Crippen LogP contribution in [0.3, 0.4) is 0 Å². The van der Waals surface area contributed by atoms with Gasteiger partial charge in [-0.05, 0) is 26.7 Å². The van der Waals surface area contributed by atoms with Crippen LogP contribution in [0, 0.1) is 23.7 Å². The molecule has 0 radical (unpaired) electrons. The Balaban J connectivity index is 2.97. The zero-order chi connectivity index (χ0) is 10.7. The highest BCUT2D eigenvalue weighted by molar-refractivity contribution is 5.29. The average Bonchev–Trinajstić information content (AvgIpc) is 2.08. The summed E-state index contributed by atoms with van der Waals surface area (Å²) in [6, 6.07) is 0. The van der Waals surface area contributed by atoms with Gasteiger partial charge >= 0.3 is 0 Å². The van der Waals surface area contributed by atoms with Crippen LogP contribution in [-0.4, -0.2) is 21.4 Å². The molecule has 0 amide bonds. The van der Waals surface area contributed by atoms with Gasteiger partial charge in [-0.25, -0.2) is 0 Å². The predicted octanol–water partition coefficient (Wildman–Crippen LogP) is 1.07. The predicted molar refractivity (Wildman–Crippen MR) is 55.3 cm³/mol. The maximum absolute atomic E-state index is 9.90. The van der Waals surface area contributed by atoms with Crippen LogP contribution in [0.2, 0.25) is 0 Å². The third kappa shape index (κ3) is 2.51. The van der Waals surface area contributed by atoms with Crippen molar-refractivity contribution < 1.29 is 10.2 Å². The van der Waals surface area contributed by atoms with Gasteiger partial charge in [-0.2, -0.15) is 0 Å². The Labute approximate surface area is 85.3 Å². The molecule has 2 N–H and O–H groups in total. The van der Waals surface area contributed by atoms with Gasteiger partial charge in [0.25, 0.3) is 0 Å². The largest absolute Gasteiger partial charge is 0.374 e. The Kier molecular flexibility index (Phi) is 3.21. The molecule has 0 aromatic heterocycles. The van der Waals surface area contributed by atoms with E-state index in [-0.39, 0.29) is 0 Å². The molecule has 14 heavy (non-hydrogen) atoms. The molecule has 0 saturated heterocycles. The first-order valence-corrected chi connectivity index (χ1v) is 4.90. The summed E-state index contributed by atoms with van der Waals surface area (Å²) in [5.74, 6) is 11.1. The van der Waals surface area contributed by atoms with Crippen molar-refractivity contribution in [1.29, 1.82) is 0 Å². The lowest BCUT2D eigenvalue weighted by Gasteiger charge is -2.29. The Hall–Kier alpha value is -0.960. The summed E-state index contributed by atoms with van der Waals surface area (Å²) >= 11 is 0. The summed E-state index contributed by atoms with van der Waals surface area (Å²) in [5, 5.41) is 19.8. The molecule has 2 heteroatoms. The van der Waals surface area contributed by atoms with Crippen molar-refractivity contribution in [2.24, 2.45) is 0 Å². The van der Waals surface area contributed by atoms with E-state index in [4.69, 9.17) is 0 Å². The van der Waals surface area contributed by atoms with E-state index in [1.807, 2.05) is 0 Å². The number of hydrogen-bond donors (Lipinski definition) is 2. The molecule has 1 rings (SSSR count). The van der Waals surface area contributed by atoms with Gasteiger partial charge in [-0.3, -0.25) is 0 Å². The van der Waals surface area contributed by atoms with Crippen LogP contribution in [-0.2, 0) is 0 Å². The summed E-state index contributed by atoms with van der Waals surface area (Å²) in [4.78, 5) is 0. The molecule has 0 heterocycles. The van der Waals surface area contributed by atoms with Crippen LogP contribution in [0.25, 0.3) is 0 Å². The van der Waals surface area contributed by atoms with Crippen LogP contribution in [0.15, 0.2) is 0 Å². The van der Waals surface area contributed by atoms with E-state index in [0.29, 0.717) is 0 Å². The quantitative estimate of drug-likeness (QED) is 0.564. The summed E-state index contributed by atoms with van der Waals surface area (Å²) in [5.41, 5.74) is -2.89. The van der Waals surface area contributed by atoms with Crippen molar-refractivity contribution in [3.8, 4) is 23.7 Å². The van der Waals surface area contributed by atoms with Crippen molar-refractivity contribution >= 4 is 0 Å². The summed E-state index contributed by atoms with van der Waals surface area (Å²) in [7, 11) is 0. The molecule has 0 unspecified atom stereocenters. The molecular weight excluding hydrogens is 176 g/mol. The van der Waals surface area contributed by atoms with Crippen molar-refractivity contribution in [2.75, 3.05) is 0 Å². The smallest absolute Gasteiger partial charge is 0.162 e. The SMILES string of the molecule is C[C@]1(O)C#CCCCCC#C[C@]1(C)O. The molecule has 0 aliphatic heterocycles. The molecule has 76 valence electrons. The van der Waals surface area contributed by atoms with Crippen molar-refractivity contribution in [3.05, 3.63) is 0 Å². The van der Waals surface area contributed by atoms with E-state index in [9.17, 15) is 10.2 Å². The van der Waals surface area contributed by atoms with Crippen molar-refractivity contribution in [2.45, 2.75) is 50.7 Å². The second kappa shape index (κ2) is 4.05. The highest BCUT2D eigenvalue weighted by atomic mass is 16.3. The van der Waals surface area contributed by atoms with Crippen molar-refractivity contribution in [1.82, 2.24) is 0 Å². The zero-order valence-corrected chi connectivity index (χ0v) is 8.72. The van der Waals surface area contributed by atoms with Crippen LogP contribution >= 0.6 is 0 Å². The monoisotopic (exact) mass is 192 g/mol. The van der Waals surface area contributed by atoms with Crippen molar-refractivity contribution in [3.63, 3.8) is 0 Å². The third-order valence-electron chi connectivity index (χ3n) is 2.47. The van der Waals surface area contributed by atoms with E-state index >= 15 is 0 Å². The highest BCUT2D eigenvalue weighted by Crippen LogP contribution is 2.21. The van der Waals surface area contributed by atoms with Gasteiger partial charge in [0.15, 0.2) is 11.2 Å². The Morgan fingerprint density at radius 2 is 1.21 bits per heavy atom. The third-order valence-corrected chi connectivity index (χ3v) is 2.47. The lowest BCUT2D eigenvalue weighted by Crippen LogP contribution is -2.48. The molecule has 0 saturated carbocycles. The molecule has 0 aromatic carbocycles. The molecule has 0 fully saturated rings. The van der Waals surface area contributed by atoms with E-state index in [1.54, 1.807) is 0 Å². The molecule has 2 atom stereocenters. The van der Waals surface area contributed by atoms with Crippen LogP contribution < -0.4 is 0 Å². The standard InChI is InChI=1S/C12H16O2/c1-11(13)9-7-5-3-4-6-8-10-12(11,2)14/h13-14H,3-6H2,1-2H3/t11-,12-/m0/s1. The fraction of sp³-hybridized carbons (Fsp3) is 0.667. The lowest BCUT2D eigenvalue weighted by atomic mass is 9.86. The minimum atomic E-state index is -1.45. The number of rotatable bonds is 0. The van der Waals surface area contributed by atoms with Gasteiger partial charge in [0.05, 0.1) is 0 Å². The lowest BCUT2D eigenvalue weighted by molar-refractivity contribution is -0.0553. The molecule has 1 aliphatic carbocycles. The van der Waals surface area contributed by atoms with Gasteiger partial charge < -0.3 is 10.2 Å². The first-order valence-electron chi connectivity index (χ1n) is 4.90. The Bertz CT molecular complexity index is 284. The van der Waals surface area contributed by atoms with E-state index < -0.39 is 11.2 Å². The number of aliphatic hydroxyl groups is 2. The van der Waals surface area contributed by atoms with E-state index in [1.165, 1.54) is 13.8 Å². The average molecular weight is 192 g/mol. The first-order chi connectivity index (χ1) is 6.46. The molecule has 2 nitrogen and oxygen atoms in total. The maximum atomic E-state index is 9.90. The zero-order valence-electron chi connectivity index (χ0n) is 8.72. The highest BCUT2D eigenvalue weighted by Gasteiger charge is 2.39. The summed E-state index contributed by atoms with van der Waals surface area (Å²) in [6.45, 7) is 2.99. The summed E-state index contributed by atoms with van der Waals surface area (Å²) < 4.78 is 0. The van der Waals surface area contributed by atoms with Gasteiger partial charge in [-0.15, -0.1) is 11.8 Å². The minimum Gasteiger partial charge on any atom is -0.374 e. The molecule has 1 aliphatic rings. The van der Waals surface area contributed by atoms with E-state index in [2.05, 4.69) is 23.7 Å². The van der Waals surface area contributed by atoms with Crippen LogP contribution in [0.1, 0.15) is 39.5 Å². The van der Waals surface area contributed by atoms with Crippen LogP contribution in [0.5, 0.6) is 0 Å². The first kappa shape index (κ1) is 11.1. The van der Waals surface area contributed by atoms with Gasteiger partial charge in [0.1, 0.15) is 0 Å². The van der Waals surface area contributed by atoms with Gasteiger partial charge in [0.2, 0.25) is 0 Å². The molecular formula is C12H16O2. The molecule has 0 aromatic rings. The summed E-state index contributed by atoms with van der Waals surface area (Å²) in [6.07, 6.45) is 3.52. The second-order valence-electron chi connectivity index (χ2n) is 3.96. The van der Waals surface area contributed by atoms with Gasteiger partial charge in [-0.1, -0.05) is 11.8 Å². The Morgan fingerprint density at radius 3 is 1.57 bits per heavy atom. The fourth-order valence-corrected chi connectivity index (χ4v) is 1.14. The molecule has 0 spiro atoms. The second-order valence-corrected chi connectivity index (χ2v) is 3.96. The normalized spacial score (nSPS) is 37.4. The van der Waals surface area contributed by atoms with Gasteiger partial charge in [0, 0.05) is 12.8 Å². The van der Waals surface area contributed by atoms with E-state index in [0.717, 1.165) is 25.7 Å². The number of hydrogen-bond acceptors (Lipinski definition) is 2. The molecule has 0 bridgehead atoms. The minimum absolute atomic E-state index is 0.758. The van der Waals surface area contributed by atoms with Crippen LogP contribution in [0.4, 0.5) is 0 Å². The topological polar surface area (TPSA) is 40.5 Å². The Morgan fingerprint density at radius 1 is 0.857 bits per heavy atom. The maximum Gasteiger partial charge on any atom is 0.162 e.